The summed E-state index contributed by atoms with van der Waals surface area (Å²) in [5, 5.41) is 7.88. The number of allylic oxidation sites excluding steroid dienone is 4. The molecule has 3 aromatic heterocycles. The largest absolute Gasteiger partial charge is 0.382 e. The maximum absolute atomic E-state index is 13.6. The van der Waals surface area contributed by atoms with Gasteiger partial charge in [0, 0.05) is 26.3 Å². The molecule has 0 aliphatic carbocycles. The summed E-state index contributed by atoms with van der Waals surface area (Å²) >= 11 is 0. The van der Waals surface area contributed by atoms with Crippen molar-refractivity contribution in [3.05, 3.63) is 82.8 Å². The van der Waals surface area contributed by atoms with Crippen LogP contribution in [-0.2, 0) is 11.3 Å². The molecule has 4 heterocycles. The van der Waals surface area contributed by atoms with Crippen molar-refractivity contribution in [1.29, 1.82) is 0 Å². The zero-order valence-corrected chi connectivity index (χ0v) is 20.7. The van der Waals surface area contributed by atoms with Crippen LogP contribution in [0, 0.1) is 0 Å². The summed E-state index contributed by atoms with van der Waals surface area (Å²) in [7, 11) is 1.92. The minimum Gasteiger partial charge on any atom is -0.382 e. The number of ether oxygens (including phenoxy) is 1. The van der Waals surface area contributed by atoms with Gasteiger partial charge in [0.25, 0.3) is 5.56 Å². The first kappa shape index (κ1) is 24.4. The molecule has 1 atom stereocenters. The number of nitrogen functional groups attached to an aromatic ring is 1. The third-order valence-electron chi connectivity index (χ3n) is 6.49. The van der Waals surface area contributed by atoms with E-state index in [4.69, 9.17) is 21.2 Å². The lowest BCUT2D eigenvalue weighted by Gasteiger charge is -2.25. The molecule has 0 fully saturated rings. The second-order valence-electron chi connectivity index (χ2n) is 9.10. The van der Waals surface area contributed by atoms with Gasteiger partial charge >= 0.3 is 0 Å². The van der Waals surface area contributed by atoms with Crippen LogP contribution in [0.5, 0.6) is 0 Å². The third-order valence-corrected chi connectivity index (χ3v) is 6.49. The van der Waals surface area contributed by atoms with Crippen LogP contribution in [0.1, 0.15) is 18.4 Å². The fraction of sp³-hybridized carbons (Fsp3) is 0.259. The van der Waals surface area contributed by atoms with Crippen LogP contribution >= 0.6 is 0 Å². The number of nitrogens with one attached hydrogen (secondary N) is 1. The van der Waals surface area contributed by atoms with Gasteiger partial charge in [-0.3, -0.25) is 14.5 Å². The molecule has 5 N–H and O–H groups in total. The normalized spacial score (nSPS) is 18.2. The fourth-order valence-electron chi connectivity index (χ4n) is 4.45. The Morgan fingerprint density at radius 2 is 2.08 bits per heavy atom. The second-order valence-corrected chi connectivity index (χ2v) is 9.10. The van der Waals surface area contributed by atoms with Crippen molar-refractivity contribution in [2.24, 2.45) is 5.73 Å². The molecular formula is C27H30N8O2. The molecule has 5 rings (SSSR count). The Bertz CT molecular complexity index is 1570. The number of anilines is 2. The highest BCUT2D eigenvalue weighted by molar-refractivity contribution is 6.05. The van der Waals surface area contributed by atoms with E-state index in [0.29, 0.717) is 53.3 Å². The Balaban J connectivity index is 1.56. The molecule has 10 nitrogen and oxygen atoms in total. The molecule has 37 heavy (non-hydrogen) atoms. The molecule has 0 spiro atoms. The van der Waals surface area contributed by atoms with Crippen LogP contribution in [0.25, 0.3) is 27.6 Å². The van der Waals surface area contributed by atoms with Crippen molar-refractivity contribution in [1.82, 2.24) is 24.7 Å². The average molecular weight is 499 g/mol. The topological polar surface area (TPSA) is 141 Å². The molecule has 0 unspecified atom stereocenters. The van der Waals surface area contributed by atoms with Crippen molar-refractivity contribution in [2.75, 3.05) is 30.8 Å². The first-order valence-electron chi connectivity index (χ1n) is 12.1. The molecule has 0 bridgehead atoms. The minimum atomic E-state index is -0.310. The Kier molecular flexibility index (Phi) is 6.85. The lowest BCUT2D eigenvalue weighted by atomic mass is 10.1. The molecule has 1 aromatic carbocycles. The van der Waals surface area contributed by atoms with Crippen LogP contribution in [0.4, 0.5) is 11.8 Å². The van der Waals surface area contributed by atoms with Crippen molar-refractivity contribution in [3.63, 3.8) is 0 Å². The van der Waals surface area contributed by atoms with E-state index >= 15 is 0 Å². The van der Waals surface area contributed by atoms with Crippen molar-refractivity contribution in [2.45, 2.75) is 25.5 Å². The number of benzene rings is 1. The van der Waals surface area contributed by atoms with Gasteiger partial charge in [0.1, 0.15) is 5.39 Å². The third kappa shape index (κ3) is 4.89. The van der Waals surface area contributed by atoms with Gasteiger partial charge in [0.15, 0.2) is 11.5 Å². The molecule has 1 aliphatic heterocycles. The van der Waals surface area contributed by atoms with Gasteiger partial charge in [-0.2, -0.15) is 10.1 Å². The summed E-state index contributed by atoms with van der Waals surface area (Å²) in [6.45, 7) is 5.61. The van der Waals surface area contributed by atoms with E-state index in [2.05, 4.69) is 21.8 Å². The number of pyridine rings is 1. The van der Waals surface area contributed by atoms with Gasteiger partial charge in [0.2, 0.25) is 5.95 Å². The number of nitrogens with zero attached hydrogens (tertiary/aromatic N) is 5. The van der Waals surface area contributed by atoms with Crippen molar-refractivity contribution < 1.29 is 4.74 Å². The first-order valence-corrected chi connectivity index (χ1v) is 12.1. The fourth-order valence-corrected chi connectivity index (χ4v) is 4.45. The molecule has 1 aliphatic rings. The van der Waals surface area contributed by atoms with Gasteiger partial charge in [-0.25, -0.2) is 4.98 Å². The van der Waals surface area contributed by atoms with Crippen LogP contribution in [0.15, 0.2) is 71.7 Å². The predicted molar refractivity (Wildman–Crippen MR) is 147 cm³/mol. The first-order chi connectivity index (χ1) is 18.0. The molecule has 10 heteroatoms. The Labute approximate surface area is 214 Å². The van der Waals surface area contributed by atoms with Gasteiger partial charge < -0.3 is 21.1 Å². The maximum Gasteiger partial charge on any atom is 0.270 e. The quantitative estimate of drug-likeness (QED) is 0.381. The average Bonchev–Trinajstić information content (AvgIpc) is 3.31. The van der Waals surface area contributed by atoms with E-state index in [1.807, 2.05) is 60.5 Å². The summed E-state index contributed by atoms with van der Waals surface area (Å²) in [4.78, 5) is 25.0. The molecule has 0 saturated heterocycles. The van der Waals surface area contributed by atoms with Crippen LogP contribution in [0.2, 0.25) is 0 Å². The van der Waals surface area contributed by atoms with Crippen LogP contribution in [-0.4, -0.2) is 51.0 Å². The number of likely N-dealkylation sites (N-methyl/N-ethyl adjacent to an activating group) is 1. The maximum atomic E-state index is 13.6. The number of aromatic nitrogens is 5. The number of hydrogen-bond donors (Lipinski definition) is 3. The van der Waals surface area contributed by atoms with Crippen LogP contribution in [0.3, 0.4) is 0 Å². The van der Waals surface area contributed by atoms with E-state index < -0.39 is 0 Å². The van der Waals surface area contributed by atoms with E-state index in [-0.39, 0.29) is 17.5 Å². The summed E-state index contributed by atoms with van der Waals surface area (Å²) in [5.74, 6) is 0.607. The highest BCUT2D eigenvalue weighted by Crippen LogP contribution is 2.26. The minimum absolute atomic E-state index is 0.0434. The number of aromatic amines is 1. The number of nitrogens with two attached hydrogens (primary N) is 2. The summed E-state index contributed by atoms with van der Waals surface area (Å²) in [6, 6.07) is 7.47. The van der Waals surface area contributed by atoms with Gasteiger partial charge in [0.05, 0.1) is 29.3 Å². The molecular weight excluding hydrogens is 468 g/mol. The number of hydrogen-bond acceptors (Lipinski definition) is 8. The molecule has 4 aromatic rings. The second kappa shape index (κ2) is 10.4. The Hall–Kier alpha value is -4.28. The van der Waals surface area contributed by atoms with Crippen LogP contribution < -0.4 is 21.9 Å². The summed E-state index contributed by atoms with van der Waals surface area (Å²) < 4.78 is 7.63. The standard InChI is InChI=1S/C27H30N8O2/c1-17-6-4-3-5-13-37-20(12-7-17)16-34(2)27-30-15-21-23-22(24(29)33-32-23)26(36)35(25(21)31-27)19-10-8-18(14-28)9-11-19/h3-6,8-11,15,20H,1,7,12-14,16,28H2,2H3,(H3,29,32,33)/b5-3-,6-4-/t20-/m1/s1. The van der Waals surface area contributed by atoms with Gasteiger partial charge in [-0.05, 0) is 30.5 Å². The summed E-state index contributed by atoms with van der Waals surface area (Å²) in [5.41, 5.74) is 15.1. The molecule has 0 radical (unpaired) electrons. The summed E-state index contributed by atoms with van der Waals surface area (Å²) in [6.07, 6.45) is 11.3. The van der Waals surface area contributed by atoms with E-state index in [0.717, 1.165) is 24.0 Å². The lowest BCUT2D eigenvalue weighted by Crippen LogP contribution is -2.33. The predicted octanol–water partition coefficient (Wildman–Crippen LogP) is 2.98. The van der Waals surface area contributed by atoms with Crippen molar-refractivity contribution >= 4 is 33.7 Å². The van der Waals surface area contributed by atoms with Crippen molar-refractivity contribution in [3.8, 4) is 5.69 Å². The number of fused-ring (bicyclic) bond motifs is 3. The lowest BCUT2D eigenvalue weighted by molar-refractivity contribution is 0.0735. The van der Waals surface area contributed by atoms with Gasteiger partial charge in [-0.15, -0.1) is 0 Å². The highest BCUT2D eigenvalue weighted by atomic mass is 16.5. The monoisotopic (exact) mass is 498 g/mol. The van der Waals surface area contributed by atoms with E-state index in [9.17, 15) is 4.79 Å². The number of H-pyrrole nitrogens is 1. The van der Waals surface area contributed by atoms with E-state index in [1.54, 1.807) is 10.8 Å². The molecule has 0 saturated carbocycles. The number of rotatable bonds is 5. The highest BCUT2D eigenvalue weighted by Gasteiger charge is 2.21. The smallest absolute Gasteiger partial charge is 0.270 e. The SMILES string of the molecule is C=C1/C=C\C=C/CO[C@@H](CN(C)c2ncc3c4[nH]nc(N)c4c(=O)n(-c4ccc(CN)cc4)c3n2)CC1. The zero-order chi connectivity index (χ0) is 25.9. The Morgan fingerprint density at radius 3 is 2.86 bits per heavy atom. The zero-order valence-electron chi connectivity index (χ0n) is 20.7. The van der Waals surface area contributed by atoms with E-state index in [1.165, 1.54) is 0 Å². The van der Waals surface area contributed by atoms with Gasteiger partial charge in [-0.1, -0.05) is 48.6 Å². The Morgan fingerprint density at radius 1 is 1.27 bits per heavy atom. The molecule has 0 amide bonds. The molecule has 190 valence electrons.